The van der Waals surface area contributed by atoms with E-state index < -0.39 is 5.41 Å². The molecular weight excluding hydrogens is 398 g/mol. The maximum Gasteiger partial charge on any atom is 0.246 e. The molecule has 0 unspecified atom stereocenters. The molecule has 0 saturated carbocycles. The highest BCUT2D eigenvalue weighted by Crippen LogP contribution is 2.52. The van der Waals surface area contributed by atoms with Gasteiger partial charge in [0.2, 0.25) is 5.91 Å². The molecule has 3 rings (SSSR count). The van der Waals surface area contributed by atoms with Crippen molar-refractivity contribution in [1.82, 2.24) is 0 Å². The summed E-state index contributed by atoms with van der Waals surface area (Å²) in [6.45, 7) is 19.8. The summed E-state index contributed by atoms with van der Waals surface area (Å²) in [5.41, 5.74) is 2.84. The number of amides is 1. The van der Waals surface area contributed by atoms with Crippen molar-refractivity contribution in [2.45, 2.75) is 71.6 Å². The number of hydrogen-bond acceptors (Lipinski definition) is 3. The van der Waals surface area contributed by atoms with Crippen molar-refractivity contribution in [3.63, 3.8) is 0 Å². The predicted octanol–water partition coefficient (Wildman–Crippen LogP) is 5.70. The standard InChI is InChI=1S/C28H35NO3/c1-16-11-12-23-20(13-16)28(17(2)18(3)30,25(32)29(23)10)19-14-21(26(4,5)6)24(31)22(15-19)27(7,8)9/h11-15,31H,2H2,1,3-10H3/t28-/m1/s1. The van der Waals surface area contributed by atoms with E-state index >= 15 is 0 Å². The number of fused-ring (bicyclic) bond motifs is 1. The fourth-order valence-corrected chi connectivity index (χ4v) is 4.72. The summed E-state index contributed by atoms with van der Waals surface area (Å²) < 4.78 is 0. The van der Waals surface area contributed by atoms with Gasteiger partial charge in [0.1, 0.15) is 11.2 Å². The number of benzene rings is 2. The summed E-state index contributed by atoms with van der Waals surface area (Å²) in [5, 5.41) is 11.2. The van der Waals surface area contributed by atoms with Crippen LogP contribution in [-0.4, -0.2) is 23.8 Å². The van der Waals surface area contributed by atoms with E-state index in [1.54, 1.807) is 11.9 Å². The lowest BCUT2D eigenvalue weighted by Crippen LogP contribution is -2.43. The van der Waals surface area contributed by atoms with Gasteiger partial charge in [0, 0.05) is 23.9 Å². The molecule has 0 radical (unpaired) electrons. The maximum atomic E-state index is 14.0. The molecule has 0 aliphatic carbocycles. The molecule has 170 valence electrons. The molecule has 0 aromatic heterocycles. The van der Waals surface area contributed by atoms with Crippen LogP contribution < -0.4 is 4.90 Å². The van der Waals surface area contributed by atoms with Crippen LogP contribution in [0.1, 0.15) is 76.3 Å². The largest absolute Gasteiger partial charge is 0.507 e. The fourth-order valence-electron chi connectivity index (χ4n) is 4.72. The zero-order valence-electron chi connectivity index (χ0n) is 20.8. The Labute approximate surface area is 192 Å². The van der Waals surface area contributed by atoms with Gasteiger partial charge in [0.05, 0.1) is 0 Å². The third-order valence-corrected chi connectivity index (χ3v) is 6.58. The Morgan fingerprint density at radius 1 is 1.00 bits per heavy atom. The highest BCUT2D eigenvalue weighted by Gasteiger charge is 2.54. The number of carbonyl (C=O) groups is 2. The van der Waals surface area contributed by atoms with Crippen LogP contribution in [0.2, 0.25) is 0 Å². The number of hydrogen-bond donors (Lipinski definition) is 1. The summed E-state index contributed by atoms with van der Waals surface area (Å²) in [6.07, 6.45) is 0. The number of aryl methyl sites for hydroxylation is 1. The Kier molecular flexibility index (Phi) is 5.45. The van der Waals surface area contributed by atoms with Gasteiger partial charge in [-0.3, -0.25) is 9.59 Å². The second kappa shape index (κ2) is 7.33. The van der Waals surface area contributed by atoms with Crippen LogP contribution in [0.4, 0.5) is 5.69 Å². The molecule has 1 N–H and O–H groups in total. The van der Waals surface area contributed by atoms with E-state index in [0.717, 1.165) is 27.9 Å². The highest BCUT2D eigenvalue weighted by atomic mass is 16.3. The van der Waals surface area contributed by atoms with Gasteiger partial charge in [-0.15, -0.1) is 0 Å². The molecular formula is C28H35NO3. The van der Waals surface area contributed by atoms with Crippen molar-refractivity contribution in [2.24, 2.45) is 0 Å². The second-order valence-electron chi connectivity index (χ2n) is 11.1. The normalized spacial score (nSPS) is 18.7. The summed E-state index contributed by atoms with van der Waals surface area (Å²) in [4.78, 5) is 28.4. The van der Waals surface area contributed by atoms with Crippen LogP contribution in [0, 0.1) is 6.92 Å². The minimum Gasteiger partial charge on any atom is -0.507 e. The number of anilines is 1. The molecule has 0 fully saturated rings. The molecule has 1 aliphatic heterocycles. The van der Waals surface area contributed by atoms with Crippen molar-refractivity contribution in [1.29, 1.82) is 0 Å². The Hall–Kier alpha value is -2.88. The number of phenols is 1. The van der Waals surface area contributed by atoms with E-state index in [1.165, 1.54) is 6.92 Å². The molecule has 0 bridgehead atoms. The fraction of sp³-hybridized carbons (Fsp3) is 0.429. The van der Waals surface area contributed by atoms with E-state index in [4.69, 9.17) is 0 Å². The first kappa shape index (κ1) is 23.8. The SMILES string of the molecule is C=C(C(C)=O)[C@]1(c2cc(C(C)(C)C)c(O)c(C(C)(C)C)c2)C(=O)N(C)c2ccc(C)cc21. The molecule has 0 spiro atoms. The zero-order valence-corrected chi connectivity index (χ0v) is 20.8. The predicted molar refractivity (Wildman–Crippen MR) is 131 cm³/mol. The number of likely N-dealkylation sites (N-methyl/N-ethyl adjacent to an activating group) is 1. The van der Waals surface area contributed by atoms with Crippen LogP contribution in [0.15, 0.2) is 42.5 Å². The number of ketones is 1. The Balaban J connectivity index is 2.56. The average molecular weight is 434 g/mol. The summed E-state index contributed by atoms with van der Waals surface area (Å²) in [7, 11) is 1.74. The first-order valence-corrected chi connectivity index (χ1v) is 11.0. The molecule has 0 saturated heterocycles. The zero-order chi connectivity index (χ0) is 24.4. The highest BCUT2D eigenvalue weighted by molar-refractivity contribution is 6.18. The molecule has 4 heteroatoms. The maximum absolute atomic E-state index is 14.0. The molecule has 1 heterocycles. The van der Waals surface area contributed by atoms with Crippen molar-refractivity contribution < 1.29 is 14.7 Å². The first-order valence-electron chi connectivity index (χ1n) is 11.0. The van der Waals surface area contributed by atoms with Crippen LogP contribution >= 0.6 is 0 Å². The van der Waals surface area contributed by atoms with Crippen molar-refractivity contribution in [3.8, 4) is 5.75 Å². The van der Waals surface area contributed by atoms with Crippen molar-refractivity contribution in [3.05, 3.63) is 70.3 Å². The van der Waals surface area contributed by atoms with Gasteiger partial charge in [-0.2, -0.15) is 0 Å². The summed E-state index contributed by atoms with van der Waals surface area (Å²) >= 11 is 0. The number of aromatic hydroxyl groups is 1. The van der Waals surface area contributed by atoms with Gasteiger partial charge in [-0.1, -0.05) is 65.8 Å². The van der Waals surface area contributed by atoms with E-state index in [-0.39, 0.29) is 33.8 Å². The molecule has 1 aliphatic rings. The minimum atomic E-state index is -1.34. The van der Waals surface area contributed by atoms with Gasteiger partial charge >= 0.3 is 0 Å². The smallest absolute Gasteiger partial charge is 0.246 e. The first-order chi connectivity index (χ1) is 14.5. The average Bonchev–Trinajstić information content (AvgIpc) is 2.87. The van der Waals surface area contributed by atoms with Gasteiger partial charge in [0.15, 0.2) is 5.78 Å². The summed E-state index contributed by atoms with van der Waals surface area (Å²) in [6, 6.07) is 9.65. The molecule has 1 atom stereocenters. The van der Waals surface area contributed by atoms with Crippen LogP contribution in [0.25, 0.3) is 0 Å². The Morgan fingerprint density at radius 3 is 1.94 bits per heavy atom. The number of phenolic OH excluding ortho intramolecular Hbond substituents is 1. The molecule has 32 heavy (non-hydrogen) atoms. The lowest BCUT2D eigenvalue weighted by atomic mass is 9.66. The minimum absolute atomic E-state index is 0.205. The third-order valence-electron chi connectivity index (χ3n) is 6.58. The number of Topliss-reactive ketones (excluding diaryl/α,β-unsaturated/α-hetero) is 1. The molecule has 1 amide bonds. The topological polar surface area (TPSA) is 57.6 Å². The van der Waals surface area contributed by atoms with Crippen molar-refractivity contribution in [2.75, 3.05) is 11.9 Å². The number of rotatable bonds is 3. The van der Waals surface area contributed by atoms with Gasteiger partial charge in [0.25, 0.3) is 0 Å². The quantitative estimate of drug-likeness (QED) is 0.632. The van der Waals surface area contributed by atoms with Gasteiger partial charge < -0.3 is 10.0 Å². The van der Waals surface area contributed by atoms with E-state index in [9.17, 15) is 14.7 Å². The van der Waals surface area contributed by atoms with Crippen molar-refractivity contribution >= 4 is 17.4 Å². The number of carbonyl (C=O) groups excluding carboxylic acids is 2. The lowest BCUT2D eigenvalue weighted by molar-refractivity contribution is -0.123. The monoisotopic (exact) mass is 433 g/mol. The number of nitrogens with zero attached hydrogens (tertiary/aromatic N) is 1. The third kappa shape index (κ3) is 3.37. The van der Waals surface area contributed by atoms with Gasteiger partial charge in [-0.05, 0) is 59.6 Å². The lowest BCUT2D eigenvalue weighted by Gasteiger charge is -2.35. The van der Waals surface area contributed by atoms with Crippen LogP contribution in [0.3, 0.4) is 0 Å². The van der Waals surface area contributed by atoms with Gasteiger partial charge in [-0.25, -0.2) is 0 Å². The van der Waals surface area contributed by atoms with E-state index in [1.807, 2.05) is 78.8 Å². The Bertz CT molecular complexity index is 1110. The van der Waals surface area contributed by atoms with Crippen LogP contribution in [-0.2, 0) is 25.8 Å². The molecule has 2 aromatic rings. The molecule has 4 nitrogen and oxygen atoms in total. The van der Waals surface area contributed by atoms with Crippen LogP contribution in [0.5, 0.6) is 5.75 Å². The van der Waals surface area contributed by atoms with E-state index in [2.05, 4.69) is 6.58 Å². The van der Waals surface area contributed by atoms with E-state index in [0.29, 0.717) is 5.56 Å². The second-order valence-corrected chi connectivity index (χ2v) is 11.1. The summed E-state index contributed by atoms with van der Waals surface area (Å²) in [5.74, 6) is -0.201. The Morgan fingerprint density at radius 2 is 1.50 bits per heavy atom. The molecule has 2 aromatic carbocycles.